The lowest BCUT2D eigenvalue weighted by Crippen LogP contribution is -2.28. The Balaban J connectivity index is 2.87. The van der Waals surface area contributed by atoms with Gasteiger partial charge in [-0.3, -0.25) is 0 Å². The summed E-state index contributed by atoms with van der Waals surface area (Å²) in [7, 11) is -1.99. The Labute approximate surface area is 114 Å². The van der Waals surface area contributed by atoms with Gasteiger partial charge in [0.15, 0.2) is 0 Å². The maximum atomic E-state index is 12.2. The van der Waals surface area contributed by atoms with Crippen LogP contribution < -0.4 is 4.74 Å². The monoisotopic (exact) mass is 285 g/mol. The Morgan fingerprint density at radius 1 is 1.37 bits per heavy atom. The lowest BCUT2D eigenvalue weighted by molar-refractivity contribution is 0.201. The summed E-state index contributed by atoms with van der Waals surface area (Å²) in [5, 5.41) is 8.63. The first kappa shape index (κ1) is 15.7. The van der Waals surface area contributed by atoms with Gasteiger partial charge in [-0.05, 0) is 31.2 Å². The fourth-order valence-electron chi connectivity index (χ4n) is 1.52. The minimum atomic E-state index is -3.50. The van der Waals surface area contributed by atoms with Crippen molar-refractivity contribution < 1.29 is 18.3 Å². The number of aliphatic hydroxyl groups is 1. The van der Waals surface area contributed by atoms with Gasteiger partial charge >= 0.3 is 0 Å². The summed E-state index contributed by atoms with van der Waals surface area (Å²) in [5.74, 6) is 0.524. The third kappa shape index (κ3) is 4.34. The first-order valence-electron chi connectivity index (χ1n) is 5.82. The summed E-state index contributed by atoms with van der Waals surface area (Å²) in [6.07, 6.45) is 0. The largest absolute Gasteiger partial charge is 0.491 e. The van der Waals surface area contributed by atoms with Crippen LogP contribution >= 0.6 is 0 Å². The molecule has 0 atom stereocenters. The highest BCUT2D eigenvalue weighted by Crippen LogP contribution is 2.19. The van der Waals surface area contributed by atoms with Crippen LogP contribution in [0.5, 0.6) is 5.75 Å². The molecular formula is C13H19NO4S. The van der Waals surface area contributed by atoms with E-state index in [-0.39, 0.29) is 24.7 Å². The number of hydrogen-bond acceptors (Lipinski definition) is 4. The molecule has 6 heteroatoms. The van der Waals surface area contributed by atoms with E-state index >= 15 is 0 Å². The molecule has 5 nitrogen and oxygen atoms in total. The van der Waals surface area contributed by atoms with Gasteiger partial charge in [0, 0.05) is 13.6 Å². The van der Waals surface area contributed by atoms with Crippen LogP contribution in [0.4, 0.5) is 0 Å². The lowest BCUT2D eigenvalue weighted by atomic mass is 10.3. The smallest absolute Gasteiger partial charge is 0.243 e. The molecule has 0 aromatic heterocycles. The second-order valence-corrected chi connectivity index (χ2v) is 6.31. The van der Waals surface area contributed by atoms with Crippen LogP contribution in [0.25, 0.3) is 0 Å². The molecule has 1 rings (SSSR count). The zero-order chi connectivity index (χ0) is 14.5. The van der Waals surface area contributed by atoms with E-state index in [9.17, 15) is 8.42 Å². The predicted octanol–water partition coefficient (Wildman–Crippen LogP) is 1.25. The summed E-state index contributed by atoms with van der Waals surface area (Å²) in [6.45, 7) is 5.86. The molecule has 0 aliphatic rings. The molecule has 1 aromatic carbocycles. The molecule has 1 N–H and O–H groups in total. The number of likely N-dealkylation sites (N-methyl/N-ethyl adjacent to an activating group) is 1. The van der Waals surface area contributed by atoms with Crippen molar-refractivity contribution >= 4 is 10.0 Å². The number of aliphatic hydroxyl groups excluding tert-OH is 1. The normalized spacial score (nSPS) is 11.6. The molecule has 0 saturated heterocycles. The van der Waals surface area contributed by atoms with Gasteiger partial charge in [0.1, 0.15) is 12.4 Å². The van der Waals surface area contributed by atoms with E-state index in [1.54, 1.807) is 19.1 Å². The van der Waals surface area contributed by atoms with E-state index in [0.29, 0.717) is 5.75 Å². The first-order valence-corrected chi connectivity index (χ1v) is 7.26. The van der Waals surface area contributed by atoms with Gasteiger partial charge in [-0.15, -0.1) is 0 Å². The van der Waals surface area contributed by atoms with Crippen LogP contribution in [0.3, 0.4) is 0 Å². The second-order valence-electron chi connectivity index (χ2n) is 4.26. The Kier molecular flexibility index (Phi) is 5.53. The number of hydrogen-bond donors (Lipinski definition) is 1. The molecule has 0 fully saturated rings. The molecule has 0 radical (unpaired) electrons. The van der Waals surface area contributed by atoms with Crippen LogP contribution in [0.1, 0.15) is 6.92 Å². The van der Waals surface area contributed by atoms with Crippen LogP contribution in [-0.2, 0) is 10.0 Å². The Hall–Kier alpha value is -1.37. The molecule has 0 saturated carbocycles. The van der Waals surface area contributed by atoms with Gasteiger partial charge in [0.2, 0.25) is 10.0 Å². The summed E-state index contributed by atoms with van der Waals surface area (Å²) < 4.78 is 30.8. The Bertz CT molecular complexity index is 522. The zero-order valence-electron chi connectivity index (χ0n) is 11.2. The predicted molar refractivity (Wildman–Crippen MR) is 73.7 cm³/mol. The van der Waals surface area contributed by atoms with Gasteiger partial charge in [-0.25, -0.2) is 8.42 Å². The molecule has 0 aliphatic heterocycles. The van der Waals surface area contributed by atoms with Crippen LogP contribution in [0.2, 0.25) is 0 Å². The molecule has 1 aromatic rings. The topological polar surface area (TPSA) is 66.8 Å². The summed E-state index contributed by atoms with van der Waals surface area (Å²) in [5.41, 5.74) is 0.772. The quantitative estimate of drug-likeness (QED) is 0.766. The van der Waals surface area contributed by atoms with Crippen molar-refractivity contribution in [3.8, 4) is 5.75 Å². The molecule has 0 amide bonds. The van der Waals surface area contributed by atoms with Crippen LogP contribution in [0.15, 0.2) is 41.3 Å². The van der Waals surface area contributed by atoms with Crippen LogP contribution in [-0.4, -0.2) is 44.6 Å². The maximum Gasteiger partial charge on any atom is 0.243 e. The Morgan fingerprint density at radius 2 is 1.95 bits per heavy atom. The number of sulfonamides is 1. The standard InChI is InChI=1S/C13H19NO4S/c1-11(2)10-14(3)19(16,17)13-6-4-12(5-7-13)18-9-8-15/h4-7,15H,1,8-10H2,2-3H3. The molecule has 0 unspecified atom stereocenters. The highest BCUT2D eigenvalue weighted by atomic mass is 32.2. The number of rotatable bonds is 7. The van der Waals surface area contributed by atoms with E-state index in [1.807, 2.05) is 0 Å². The van der Waals surface area contributed by atoms with Gasteiger partial charge in [0.05, 0.1) is 11.5 Å². The van der Waals surface area contributed by atoms with Gasteiger partial charge in [0.25, 0.3) is 0 Å². The number of benzene rings is 1. The molecule has 0 aliphatic carbocycles. The van der Waals surface area contributed by atoms with Crippen molar-refractivity contribution in [2.45, 2.75) is 11.8 Å². The van der Waals surface area contributed by atoms with Crippen molar-refractivity contribution in [2.75, 3.05) is 26.8 Å². The highest BCUT2D eigenvalue weighted by Gasteiger charge is 2.20. The van der Waals surface area contributed by atoms with Crippen molar-refractivity contribution in [3.05, 3.63) is 36.4 Å². The average molecular weight is 285 g/mol. The van der Waals surface area contributed by atoms with Gasteiger partial charge in [-0.1, -0.05) is 12.2 Å². The summed E-state index contributed by atoms with van der Waals surface area (Å²) in [6, 6.07) is 6.10. The van der Waals surface area contributed by atoms with E-state index in [2.05, 4.69) is 6.58 Å². The number of nitrogens with zero attached hydrogens (tertiary/aromatic N) is 1. The zero-order valence-corrected chi connectivity index (χ0v) is 12.0. The molecule has 0 spiro atoms. The van der Waals surface area contributed by atoms with Crippen molar-refractivity contribution in [2.24, 2.45) is 0 Å². The van der Waals surface area contributed by atoms with Crippen LogP contribution in [0, 0.1) is 0 Å². The fourth-order valence-corrected chi connectivity index (χ4v) is 2.75. The van der Waals surface area contributed by atoms with Crippen molar-refractivity contribution in [1.82, 2.24) is 4.31 Å². The van der Waals surface area contributed by atoms with E-state index in [4.69, 9.17) is 9.84 Å². The first-order chi connectivity index (χ1) is 8.87. The third-order valence-electron chi connectivity index (χ3n) is 2.38. The highest BCUT2D eigenvalue weighted by molar-refractivity contribution is 7.89. The maximum absolute atomic E-state index is 12.2. The average Bonchev–Trinajstić information content (AvgIpc) is 2.36. The second kappa shape index (κ2) is 6.70. The van der Waals surface area contributed by atoms with Gasteiger partial charge in [-0.2, -0.15) is 4.31 Å². The molecule has 0 heterocycles. The fraction of sp³-hybridized carbons (Fsp3) is 0.385. The Morgan fingerprint density at radius 3 is 2.42 bits per heavy atom. The van der Waals surface area contributed by atoms with Crippen molar-refractivity contribution in [3.63, 3.8) is 0 Å². The minimum absolute atomic E-state index is 0.0819. The van der Waals surface area contributed by atoms with E-state index < -0.39 is 10.0 Å². The summed E-state index contributed by atoms with van der Waals surface area (Å²) >= 11 is 0. The molecule has 0 bridgehead atoms. The molecule has 106 valence electrons. The van der Waals surface area contributed by atoms with E-state index in [1.165, 1.54) is 23.5 Å². The third-order valence-corrected chi connectivity index (χ3v) is 4.20. The van der Waals surface area contributed by atoms with E-state index in [0.717, 1.165) is 5.57 Å². The van der Waals surface area contributed by atoms with Gasteiger partial charge < -0.3 is 9.84 Å². The minimum Gasteiger partial charge on any atom is -0.491 e. The molecule has 19 heavy (non-hydrogen) atoms. The summed E-state index contributed by atoms with van der Waals surface area (Å²) in [4.78, 5) is 0.201. The molecular weight excluding hydrogens is 266 g/mol. The SMILES string of the molecule is C=C(C)CN(C)S(=O)(=O)c1ccc(OCCO)cc1. The lowest BCUT2D eigenvalue weighted by Gasteiger charge is -2.17. The number of ether oxygens (including phenoxy) is 1. The van der Waals surface area contributed by atoms with Crippen molar-refractivity contribution in [1.29, 1.82) is 0 Å².